The van der Waals surface area contributed by atoms with Crippen LogP contribution in [0.2, 0.25) is 0 Å². The van der Waals surface area contributed by atoms with Crippen molar-refractivity contribution in [2.24, 2.45) is 0 Å². The molecule has 0 bridgehead atoms. The lowest BCUT2D eigenvalue weighted by atomic mass is 9.97. The minimum Gasteiger partial charge on any atom is -0.478 e. The fourth-order valence-electron chi connectivity index (χ4n) is 2.28. The fourth-order valence-corrected chi connectivity index (χ4v) is 2.28. The molecule has 86 valence electrons. The lowest BCUT2D eigenvalue weighted by Crippen LogP contribution is -2.43. The minimum absolute atomic E-state index is 0.536. The van der Waals surface area contributed by atoms with Crippen molar-refractivity contribution in [3.8, 4) is 0 Å². The number of hydrogen-bond acceptors (Lipinski definition) is 2. The summed E-state index contributed by atoms with van der Waals surface area (Å²) in [4.78, 5) is 12.8. The van der Waals surface area contributed by atoms with Gasteiger partial charge in [0.15, 0.2) is 0 Å². The molecule has 1 fully saturated rings. The highest BCUT2D eigenvalue weighted by Gasteiger charge is 2.22. The number of hydrogen-bond donors (Lipinski definition) is 1. The van der Waals surface area contributed by atoms with Crippen LogP contribution in [-0.2, 0) is 4.79 Å². The zero-order valence-electron chi connectivity index (χ0n) is 9.65. The quantitative estimate of drug-likeness (QED) is 0.725. The van der Waals surface area contributed by atoms with Crippen LogP contribution in [0.5, 0.6) is 0 Å². The second-order valence-electron chi connectivity index (χ2n) is 4.46. The molecule has 0 saturated carbocycles. The zero-order valence-corrected chi connectivity index (χ0v) is 9.65. The number of carboxylic acids is 1. The Hall–Kier alpha value is -0.830. The van der Waals surface area contributed by atoms with Gasteiger partial charge in [-0.25, -0.2) is 4.79 Å². The van der Waals surface area contributed by atoms with E-state index in [1.165, 1.54) is 25.3 Å². The molecule has 1 rings (SSSR count). The van der Waals surface area contributed by atoms with Crippen molar-refractivity contribution >= 4 is 5.97 Å². The van der Waals surface area contributed by atoms with Gasteiger partial charge < -0.3 is 5.11 Å². The lowest BCUT2D eigenvalue weighted by Gasteiger charge is -2.38. The molecule has 0 radical (unpaired) electrons. The zero-order chi connectivity index (χ0) is 11.3. The highest BCUT2D eigenvalue weighted by molar-refractivity contribution is 5.79. The predicted octanol–water partition coefficient (Wildman–Crippen LogP) is 2.28. The number of aliphatic carboxylic acids is 1. The van der Waals surface area contributed by atoms with Crippen LogP contribution in [0.3, 0.4) is 0 Å². The van der Waals surface area contributed by atoms with Crippen molar-refractivity contribution in [3.63, 3.8) is 0 Å². The van der Waals surface area contributed by atoms with Gasteiger partial charge in [-0.05, 0) is 39.7 Å². The van der Waals surface area contributed by atoms with E-state index in [1.807, 2.05) is 0 Å². The highest BCUT2D eigenvalue weighted by atomic mass is 16.4. The first-order chi connectivity index (χ1) is 7.11. The molecule has 1 unspecified atom stereocenters. The number of carbonyl (C=O) groups is 1. The molecule has 1 aliphatic heterocycles. The Morgan fingerprint density at radius 3 is 2.87 bits per heavy atom. The third-order valence-electron chi connectivity index (χ3n) is 3.00. The molecule has 1 saturated heterocycles. The Morgan fingerprint density at radius 2 is 2.27 bits per heavy atom. The van der Waals surface area contributed by atoms with Gasteiger partial charge in [-0.15, -0.1) is 0 Å². The largest absolute Gasteiger partial charge is 0.478 e. The van der Waals surface area contributed by atoms with E-state index in [1.54, 1.807) is 6.08 Å². The standard InChI is InChI=1S/C12H21NO2/c1-10(2)13-9-4-3-6-11(13)7-5-8-12(14)15/h5,8,10-11H,3-4,6-7,9H2,1-2H3,(H,14,15)/b8-5-. The van der Waals surface area contributed by atoms with Crippen LogP contribution < -0.4 is 0 Å². The fraction of sp³-hybridized carbons (Fsp3) is 0.750. The molecule has 1 aliphatic rings. The van der Waals surface area contributed by atoms with Gasteiger partial charge >= 0.3 is 5.97 Å². The molecule has 3 nitrogen and oxygen atoms in total. The number of likely N-dealkylation sites (tertiary alicyclic amines) is 1. The molecule has 3 heteroatoms. The predicted molar refractivity (Wildman–Crippen MR) is 60.9 cm³/mol. The molecule has 1 N–H and O–H groups in total. The molecule has 0 aromatic carbocycles. The maximum atomic E-state index is 10.4. The van der Waals surface area contributed by atoms with Gasteiger partial charge in [0.25, 0.3) is 0 Å². The monoisotopic (exact) mass is 211 g/mol. The maximum absolute atomic E-state index is 10.4. The molecule has 0 aliphatic carbocycles. The van der Waals surface area contributed by atoms with Crippen LogP contribution in [0.15, 0.2) is 12.2 Å². The highest BCUT2D eigenvalue weighted by Crippen LogP contribution is 2.22. The van der Waals surface area contributed by atoms with Gasteiger partial charge in [-0.3, -0.25) is 4.90 Å². The summed E-state index contributed by atoms with van der Waals surface area (Å²) in [7, 11) is 0. The molecular formula is C12H21NO2. The summed E-state index contributed by atoms with van der Waals surface area (Å²) in [5.41, 5.74) is 0. The summed E-state index contributed by atoms with van der Waals surface area (Å²) in [5.74, 6) is -0.845. The molecule has 1 heterocycles. The van der Waals surface area contributed by atoms with E-state index in [0.717, 1.165) is 13.0 Å². The summed E-state index contributed by atoms with van der Waals surface area (Å²) in [6.45, 7) is 5.57. The molecule has 0 amide bonds. The number of rotatable bonds is 4. The van der Waals surface area contributed by atoms with Crippen LogP contribution in [0.25, 0.3) is 0 Å². The van der Waals surface area contributed by atoms with Crippen molar-refractivity contribution in [1.29, 1.82) is 0 Å². The Balaban J connectivity index is 2.46. The summed E-state index contributed by atoms with van der Waals surface area (Å²) in [6.07, 6.45) is 7.65. The minimum atomic E-state index is -0.845. The number of nitrogens with zero attached hydrogens (tertiary/aromatic N) is 1. The average molecular weight is 211 g/mol. The first-order valence-electron chi connectivity index (χ1n) is 5.76. The summed E-state index contributed by atoms with van der Waals surface area (Å²) in [5, 5.41) is 8.52. The normalized spacial score (nSPS) is 23.8. The van der Waals surface area contributed by atoms with Gasteiger partial charge in [-0.1, -0.05) is 12.5 Å². The smallest absolute Gasteiger partial charge is 0.327 e. The third kappa shape index (κ3) is 4.04. The van der Waals surface area contributed by atoms with Crippen LogP contribution in [0.4, 0.5) is 0 Å². The van der Waals surface area contributed by atoms with Crippen LogP contribution in [0, 0.1) is 0 Å². The third-order valence-corrected chi connectivity index (χ3v) is 3.00. The van der Waals surface area contributed by atoms with Gasteiger partial charge in [0.2, 0.25) is 0 Å². The van der Waals surface area contributed by atoms with Gasteiger partial charge in [0.1, 0.15) is 0 Å². The average Bonchev–Trinajstić information content (AvgIpc) is 2.17. The van der Waals surface area contributed by atoms with Crippen LogP contribution in [0.1, 0.15) is 39.5 Å². The number of carboxylic acid groups (broad SMARTS) is 1. The molecule has 0 aromatic rings. The van der Waals surface area contributed by atoms with Gasteiger partial charge in [0, 0.05) is 18.2 Å². The lowest BCUT2D eigenvalue weighted by molar-refractivity contribution is -0.131. The van der Waals surface area contributed by atoms with Crippen molar-refractivity contribution in [3.05, 3.63) is 12.2 Å². The van der Waals surface area contributed by atoms with E-state index < -0.39 is 5.97 Å². The van der Waals surface area contributed by atoms with Crippen LogP contribution in [-0.4, -0.2) is 34.6 Å². The van der Waals surface area contributed by atoms with E-state index >= 15 is 0 Å². The van der Waals surface area contributed by atoms with Crippen molar-refractivity contribution in [2.45, 2.75) is 51.6 Å². The molecular weight excluding hydrogens is 190 g/mol. The van der Waals surface area contributed by atoms with E-state index in [4.69, 9.17) is 5.11 Å². The van der Waals surface area contributed by atoms with E-state index in [9.17, 15) is 4.79 Å². The first kappa shape index (κ1) is 12.2. The van der Waals surface area contributed by atoms with Crippen molar-refractivity contribution < 1.29 is 9.90 Å². The summed E-state index contributed by atoms with van der Waals surface area (Å²) < 4.78 is 0. The molecule has 15 heavy (non-hydrogen) atoms. The van der Waals surface area contributed by atoms with Crippen LogP contribution >= 0.6 is 0 Å². The van der Waals surface area contributed by atoms with Gasteiger partial charge in [0.05, 0.1) is 0 Å². The second kappa shape index (κ2) is 5.91. The van der Waals surface area contributed by atoms with E-state index in [2.05, 4.69) is 18.7 Å². The Morgan fingerprint density at radius 1 is 1.53 bits per heavy atom. The topological polar surface area (TPSA) is 40.5 Å². The molecule has 0 aromatic heterocycles. The maximum Gasteiger partial charge on any atom is 0.327 e. The Kier molecular flexibility index (Phi) is 4.82. The summed E-state index contributed by atoms with van der Waals surface area (Å²) >= 11 is 0. The summed E-state index contributed by atoms with van der Waals surface area (Å²) in [6, 6.07) is 1.10. The number of piperidine rings is 1. The second-order valence-corrected chi connectivity index (χ2v) is 4.46. The SMILES string of the molecule is CC(C)N1CCCCC1C/C=C\C(=O)O. The molecule has 1 atom stereocenters. The van der Waals surface area contributed by atoms with Crippen molar-refractivity contribution in [1.82, 2.24) is 4.90 Å². The van der Waals surface area contributed by atoms with E-state index in [-0.39, 0.29) is 0 Å². The van der Waals surface area contributed by atoms with Gasteiger partial charge in [-0.2, -0.15) is 0 Å². The van der Waals surface area contributed by atoms with Crippen molar-refractivity contribution in [2.75, 3.05) is 6.54 Å². The van der Waals surface area contributed by atoms with E-state index in [0.29, 0.717) is 12.1 Å². The molecule has 0 spiro atoms. The first-order valence-corrected chi connectivity index (χ1v) is 5.76. The Bertz CT molecular complexity index is 236. The Labute approximate surface area is 91.8 Å².